The highest BCUT2D eigenvalue weighted by Gasteiger charge is 2.11. The van der Waals surface area contributed by atoms with E-state index in [9.17, 15) is 0 Å². The van der Waals surface area contributed by atoms with E-state index in [0.717, 1.165) is 6.54 Å². The van der Waals surface area contributed by atoms with Crippen LogP contribution >= 0.6 is 0 Å². The molecule has 0 rings (SSSR count). The molecule has 0 aromatic carbocycles. The molecule has 3 nitrogen and oxygen atoms in total. The molecule has 0 fully saturated rings. The second-order valence-electron chi connectivity index (χ2n) is 5.03. The number of aliphatic imine (C=N–C) groups is 1. The summed E-state index contributed by atoms with van der Waals surface area (Å²) in [4.78, 5) is 6.44. The molecule has 0 heterocycles. The minimum absolute atomic E-state index is 0.0895. The molecule has 0 aromatic heterocycles. The van der Waals surface area contributed by atoms with Crippen molar-refractivity contribution in [3.63, 3.8) is 0 Å². The maximum absolute atomic E-state index is 5.88. The lowest BCUT2D eigenvalue weighted by Crippen LogP contribution is -2.38. The van der Waals surface area contributed by atoms with Gasteiger partial charge in [-0.25, -0.2) is 4.99 Å². The van der Waals surface area contributed by atoms with Crippen LogP contribution in [0.4, 0.5) is 0 Å². The van der Waals surface area contributed by atoms with E-state index >= 15 is 0 Å². The van der Waals surface area contributed by atoms with Gasteiger partial charge >= 0.3 is 0 Å². The second-order valence-corrected chi connectivity index (χ2v) is 5.03. The van der Waals surface area contributed by atoms with Crippen LogP contribution in [0.15, 0.2) is 4.99 Å². The second kappa shape index (κ2) is 5.23. The Hall–Kier alpha value is -0.730. The molecular formula is C11H25N3. The van der Waals surface area contributed by atoms with E-state index in [-0.39, 0.29) is 5.54 Å². The van der Waals surface area contributed by atoms with E-state index in [0.29, 0.717) is 11.9 Å². The van der Waals surface area contributed by atoms with Gasteiger partial charge in [-0.15, -0.1) is 0 Å². The summed E-state index contributed by atoms with van der Waals surface area (Å²) >= 11 is 0. The average molecular weight is 199 g/mol. The lowest BCUT2D eigenvalue weighted by atomic mass is 10.1. The van der Waals surface area contributed by atoms with Crippen molar-refractivity contribution >= 4 is 5.96 Å². The van der Waals surface area contributed by atoms with Gasteiger partial charge in [0.15, 0.2) is 5.96 Å². The first-order valence-electron chi connectivity index (χ1n) is 5.32. The highest BCUT2D eigenvalue weighted by atomic mass is 15.2. The molecule has 0 aliphatic carbocycles. The van der Waals surface area contributed by atoms with Gasteiger partial charge in [-0.2, -0.15) is 0 Å². The molecule has 0 bridgehead atoms. The van der Waals surface area contributed by atoms with Crippen LogP contribution in [0.1, 0.15) is 41.0 Å². The Bertz CT molecular complexity index is 191. The van der Waals surface area contributed by atoms with Gasteiger partial charge in [-0.1, -0.05) is 20.3 Å². The van der Waals surface area contributed by atoms with Crippen LogP contribution in [0, 0.1) is 5.92 Å². The zero-order chi connectivity index (χ0) is 11.4. The molecule has 0 aliphatic rings. The van der Waals surface area contributed by atoms with Gasteiger partial charge in [0.05, 0.1) is 5.54 Å². The molecule has 0 aromatic rings. The first-order chi connectivity index (χ1) is 6.26. The molecule has 0 aliphatic heterocycles. The van der Waals surface area contributed by atoms with Gasteiger partial charge in [-0.05, 0) is 26.7 Å². The highest BCUT2D eigenvalue weighted by molar-refractivity contribution is 5.78. The summed E-state index contributed by atoms with van der Waals surface area (Å²) in [6.45, 7) is 11.5. The summed E-state index contributed by atoms with van der Waals surface area (Å²) in [5.41, 5.74) is 5.79. The minimum Gasteiger partial charge on any atom is -0.370 e. The van der Waals surface area contributed by atoms with Crippen LogP contribution in [0.2, 0.25) is 0 Å². The molecule has 0 spiro atoms. The lowest BCUT2D eigenvalue weighted by molar-refractivity contribution is 0.387. The fraction of sp³-hybridized carbons (Fsp3) is 0.909. The third-order valence-corrected chi connectivity index (χ3v) is 2.12. The number of nitrogens with zero attached hydrogens (tertiary/aromatic N) is 2. The molecule has 84 valence electrons. The largest absolute Gasteiger partial charge is 0.370 e. The van der Waals surface area contributed by atoms with E-state index in [2.05, 4.69) is 39.6 Å². The van der Waals surface area contributed by atoms with E-state index in [4.69, 9.17) is 5.73 Å². The molecule has 3 heteroatoms. The van der Waals surface area contributed by atoms with E-state index in [1.807, 2.05) is 11.9 Å². The first-order valence-corrected chi connectivity index (χ1v) is 5.32. The first kappa shape index (κ1) is 13.3. The summed E-state index contributed by atoms with van der Waals surface area (Å²) in [5.74, 6) is 1.30. The van der Waals surface area contributed by atoms with Crippen molar-refractivity contribution in [1.82, 2.24) is 4.90 Å². The molecule has 0 saturated heterocycles. The normalized spacial score (nSPS) is 15.4. The third-order valence-electron chi connectivity index (χ3n) is 2.12. The molecule has 0 saturated carbocycles. The zero-order valence-electron chi connectivity index (χ0n) is 10.5. The smallest absolute Gasteiger partial charge is 0.191 e. The Labute approximate surface area is 88.4 Å². The van der Waals surface area contributed by atoms with E-state index in [1.165, 1.54) is 6.42 Å². The summed E-state index contributed by atoms with van der Waals surface area (Å²) in [6, 6.07) is 0. The molecule has 14 heavy (non-hydrogen) atoms. The molecule has 0 amide bonds. The fourth-order valence-corrected chi connectivity index (χ4v) is 1.12. The topological polar surface area (TPSA) is 41.6 Å². The van der Waals surface area contributed by atoms with Crippen molar-refractivity contribution in [3.05, 3.63) is 0 Å². The van der Waals surface area contributed by atoms with Crippen molar-refractivity contribution in [2.45, 2.75) is 46.6 Å². The summed E-state index contributed by atoms with van der Waals surface area (Å²) in [5, 5.41) is 0. The zero-order valence-corrected chi connectivity index (χ0v) is 10.5. The Morgan fingerprint density at radius 2 is 1.93 bits per heavy atom. The minimum atomic E-state index is -0.0895. The number of nitrogens with two attached hydrogens (primary N) is 1. The Kier molecular flexibility index (Phi) is 4.95. The summed E-state index contributed by atoms with van der Waals surface area (Å²) in [6.07, 6.45) is 1.17. The Morgan fingerprint density at radius 1 is 1.43 bits per heavy atom. The van der Waals surface area contributed by atoms with Crippen LogP contribution in [-0.2, 0) is 0 Å². The van der Waals surface area contributed by atoms with Crippen LogP contribution in [-0.4, -0.2) is 30.0 Å². The van der Waals surface area contributed by atoms with E-state index in [1.54, 1.807) is 0 Å². The molecule has 0 radical (unpaired) electrons. The number of rotatable bonds is 3. The average Bonchev–Trinajstić information content (AvgIpc) is 2.00. The van der Waals surface area contributed by atoms with Crippen LogP contribution in [0.5, 0.6) is 0 Å². The number of hydrogen-bond acceptors (Lipinski definition) is 1. The Morgan fingerprint density at radius 3 is 2.29 bits per heavy atom. The predicted octanol–water partition coefficient (Wildman–Crippen LogP) is 2.08. The monoisotopic (exact) mass is 199 g/mol. The molecule has 1 unspecified atom stereocenters. The lowest BCUT2D eigenvalue weighted by Gasteiger charge is -2.24. The fourth-order valence-electron chi connectivity index (χ4n) is 1.12. The van der Waals surface area contributed by atoms with Crippen molar-refractivity contribution in [1.29, 1.82) is 0 Å². The quantitative estimate of drug-likeness (QED) is 0.558. The predicted molar refractivity (Wildman–Crippen MR) is 63.5 cm³/mol. The van der Waals surface area contributed by atoms with Gasteiger partial charge in [-0.3, -0.25) is 0 Å². The maximum Gasteiger partial charge on any atom is 0.191 e. The molecule has 1 atom stereocenters. The molecule has 2 N–H and O–H groups in total. The van der Waals surface area contributed by atoms with Crippen LogP contribution in [0.3, 0.4) is 0 Å². The SMILES string of the molecule is CCC(C)CN(C)C(N)=NC(C)(C)C. The van der Waals surface area contributed by atoms with Crippen molar-refractivity contribution in [2.75, 3.05) is 13.6 Å². The van der Waals surface area contributed by atoms with Gasteiger partial charge in [0, 0.05) is 13.6 Å². The standard InChI is InChI=1S/C11H25N3/c1-7-9(2)8-14(6)10(12)13-11(3,4)5/h9H,7-8H2,1-6H3,(H2,12,13). The van der Waals surface area contributed by atoms with Crippen molar-refractivity contribution < 1.29 is 0 Å². The number of guanidine groups is 1. The Balaban J connectivity index is 4.25. The van der Waals surface area contributed by atoms with Gasteiger partial charge in [0.25, 0.3) is 0 Å². The highest BCUT2D eigenvalue weighted by Crippen LogP contribution is 2.08. The maximum atomic E-state index is 5.88. The van der Waals surface area contributed by atoms with Crippen LogP contribution in [0.25, 0.3) is 0 Å². The summed E-state index contributed by atoms with van der Waals surface area (Å²) < 4.78 is 0. The van der Waals surface area contributed by atoms with Crippen molar-refractivity contribution in [3.8, 4) is 0 Å². The summed E-state index contributed by atoms with van der Waals surface area (Å²) in [7, 11) is 2.00. The molecular weight excluding hydrogens is 174 g/mol. The third kappa shape index (κ3) is 5.84. The van der Waals surface area contributed by atoms with Crippen molar-refractivity contribution in [2.24, 2.45) is 16.6 Å². The van der Waals surface area contributed by atoms with E-state index < -0.39 is 0 Å². The van der Waals surface area contributed by atoms with Crippen LogP contribution < -0.4 is 5.73 Å². The van der Waals surface area contributed by atoms with Gasteiger partial charge in [0.2, 0.25) is 0 Å². The van der Waals surface area contributed by atoms with Gasteiger partial charge < -0.3 is 10.6 Å². The van der Waals surface area contributed by atoms with Gasteiger partial charge in [0.1, 0.15) is 0 Å². The number of hydrogen-bond donors (Lipinski definition) is 1.